The van der Waals surface area contributed by atoms with E-state index in [1.807, 2.05) is 11.8 Å². The largest absolute Gasteiger partial charge is 0.483 e. The minimum absolute atomic E-state index is 0.0816. The van der Waals surface area contributed by atoms with Gasteiger partial charge in [-0.2, -0.15) is 5.10 Å². The summed E-state index contributed by atoms with van der Waals surface area (Å²) in [6, 6.07) is 4.00. The summed E-state index contributed by atoms with van der Waals surface area (Å²) in [6.45, 7) is 6.59. The van der Waals surface area contributed by atoms with Crippen LogP contribution in [0, 0.1) is 12.8 Å². The number of hydrogen-bond acceptors (Lipinski definition) is 5. The molecule has 6 heteroatoms. The lowest BCUT2D eigenvalue weighted by molar-refractivity contribution is -0.122. The van der Waals surface area contributed by atoms with E-state index in [9.17, 15) is 4.79 Å². The van der Waals surface area contributed by atoms with Gasteiger partial charge in [0.05, 0.1) is 5.69 Å². The number of benzene rings is 1. The zero-order valence-electron chi connectivity index (χ0n) is 12.8. The topological polar surface area (TPSA) is 66.0 Å². The highest BCUT2D eigenvalue weighted by atomic mass is 16.5. The van der Waals surface area contributed by atoms with Crippen LogP contribution in [0.5, 0.6) is 5.75 Å². The van der Waals surface area contributed by atoms with E-state index in [0.717, 1.165) is 36.8 Å². The average molecular weight is 300 g/mol. The number of rotatable bonds is 2. The normalized spacial score (nSPS) is 23.7. The fraction of sp³-hybridized carbons (Fsp3) is 0.500. The third kappa shape index (κ3) is 2.06. The van der Waals surface area contributed by atoms with Crippen LogP contribution in [0.1, 0.15) is 18.1 Å². The van der Waals surface area contributed by atoms with Crippen molar-refractivity contribution in [2.75, 3.05) is 24.6 Å². The maximum Gasteiger partial charge on any atom is 0.262 e. The second kappa shape index (κ2) is 4.98. The Bertz CT molecular complexity index is 666. The molecule has 1 aromatic carbocycles. The van der Waals surface area contributed by atoms with Crippen molar-refractivity contribution < 1.29 is 9.53 Å². The van der Waals surface area contributed by atoms with Crippen molar-refractivity contribution in [1.29, 1.82) is 0 Å². The molecule has 3 aliphatic heterocycles. The number of carbonyl (C=O) groups excluding carboxylic acids is 1. The van der Waals surface area contributed by atoms with Gasteiger partial charge in [0, 0.05) is 0 Å². The zero-order valence-corrected chi connectivity index (χ0v) is 12.8. The third-order valence-electron chi connectivity index (χ3n) is 4.75. The first kappa shape index (κ1) is 13.6. The summed E-state index contributed by atoms with van der Waals surface area (Å²) in [4.78, 5) is 13.9. The van der Waals surface area contributed by atoms with E-state index in [2.05, 4.69) is 34.9 Å². The van der Waals surface area contributed by atoms with E-state index in [-0.39, 0.29) is 11.9 Å². The zero-order chi connectivity index (χ0) is 15.3. The van der Waals surface area contributed by atoms with Gasteiger partial charge in [0.2, 0.25) is 0 Å². The van der Waals surface area contributed by atoms with E-state index in [0.29, 0.717) is 12.5 Å². The maximum absolute atomic E-state index is 11.9. The molecular formula is C16H20N4O2. The van der Waals surface area contributed by atoms with E-state index in [1.165, 1.54) is 11.1 Å². The van der Waals surface area contributed by atoms with Crippen molar-refractivity contribution in [3.8, 4) is 5.75 Å². The van der Waals surface area contributed by atoms with Gasteiger partial charge in [-0.15, -0.1) is 0 Å². The first-order valence-electron chi connectivity index (χ1n) is 7.76. The summed E-state index contributed by atoms with van der Waals surface area (Å²) in [5.41, 5.74) is 6.09. The summed E-state index contributed by atoms with van der Waals surface area (Å²) in [5.74, 6) is 2.23. The summed E-state index contributed by atoms with van der Waals surface area (Å²) >= 11 is 0. The molecule has 0 radical (unpaired) electrons. The van der Waals surface area contributed by atoms with E-state index in [4.69, 9.17) is 4.74 Å². The van der Waals surface area contributed by atoms with Crippen molar-refractivity contribution in [1.82, 2.24) is 10.7 Å². The Morgan fingerprint density at radius 1 is 1.41 bits per heavy atom. The molecule has 3 heterocycles. The van der Waals surface area contributed by atoms with Crippen LogP contribution in [0.3, 0.4) is 0 Å². The number of amides is 1. The molecule has 1 saturated heterocycles. The second-order valence-corrected chi connectivity index (χ2v) is 6.31. The number of anilines is 1. The molecule has 116 valence electrons. The van der Waals surface area contributed by atoms with Crippen molar-refractivity contribution in [3.05, 3.63) is 23.3 Å². The van der Waals surface area contributed by atoms with E-state index >= 15 is 0 Å². The van der Waals surface area contributed by atoms with Crippen LogP contribution in [0.25, 0.3) is 0 Å². The molecule has 0 aliphatic carbocycles. The molecule has 1 atom stereocenters. The number of amidine groups is 1. The number of hydrazone groups is 1. The van der Waals surface area contributed by atoms with Crippen molar-refractivity contribution >= 4 is 17.4 Å². The molecule has 22 heavy (non-hydrogen) atoms. The number of aryl methyl sites for hydroxylation is 1. The predicted molar refractivity (Wildman–Crippen MR) is 84.3 cm³/mol. The minimum atomic E-state index is -0.268. The van der Waals surface area contributed by atoms with Gasteiger partial charge in [-0.05, 0) is 62.5 Å². The standard InChI is InChI=1S/C16H20N4O2/c1-9-3-14-13(5-12(9)4-11-6-17-7-11)20-10(2)16(21)19-18-15(20)8-22-14/h3,5,10-11,17H,4,6-8H2,1-2H3,(H,19,21)/t10-/m0/s1. The van der Waals surface area contributed by atoms with Crippen molar-refractivity contribution in [2.24, 2.45) is 11.0 Å². The Morgan fingerprint density at radius 3 is 2.95 bits per heavy atom. The van der Waals surface area contributed by atoms with Crippen LogP contribution in [0.2, 0.25) is 0 Å². The number of ether oxygens (including phenoxy) is 1. The van der Waals surface area contributed by atoms with Crippen LogP contribution >= 0.6 is 0 Å². The number of nitrogens with one attached hydrogen (secondary N) is 2. The molecule has 0 aromatic heterocycles. The van der Waals surface area contributed by atoms with Crippen LogP contribution in [0.15, 0.2) is 17.2 Å². The molecule has 2 N–H and O–H groups in total. The Labute approximate surface area is 129 Å². The Hall–Kier alpha value is -2.08. The Morgan fingerprint density at radius 2 is 2.23 bits per heavy atom. The summed E-state index contributed by atoms with van der Waals surface area (Å²) < 4.78 is 5.82. The highest BCUT2D eigenvalue weighted by Gasteiger charge is 2.35. The highest BCUT2D eigenvalue weighted by molar-refractivity contribution is 6.09. The summed E-state index contributed by atoms with van der Waals surface area (Å²) in [5, 5.41) is 7.44. The van der Waals surface area contributed by atoms with Crippen LogP contribution < -0.4 is 20.4 Å². The van der Waals surface area contributed by atoms with Crippen LogP contribution in [0.4, 0.5) is 5.69 Å². The molecule has 3 aliphatic rings. The van der Waals surface area contributed by atoms with Crippen molar-refractivity contribution in [2.45, 2.75) is 26.3 Å². The third-order valence-corrected chi connectivity index (χ3v) is 4.75. The summed E-state index contributed by atoms with van der Waals surface area (Å²) in [6.07, 6.45) is 1.06. The molecule has 6 nitrogen and oxygen atoms in total. The van der Waals surface area contributed by atoms with Gasteiger partial charge >= 0.3 is 0 Å². The molecule has 4 rings (SSSR count). The lowest BCUT2D eigenvalue weighted by atomic mass is 9.91. The first-order chi connectivity index (χ1) is 10.6. The molecule has 1 fully saturated rings. The first-order valence-corrected chi connectivity index (χ1v) is 7.76. The molecule has 0 spiro atoms. The van der Waals surface area contributed by atoms with Gasteiger partial charge < -0.3 is 15.0 Å². The molecule has 1 aromatic rings. The van der Waals surface area contributed by atoms with Crippen LogP contribution in [-0.4, -0.2) is 37.5 Å². The predicted octanol–water partition coefficient (Wildman–Crippen LogP) is 0.788. The van der Waals surface area contributed by atoms with Gasteiger partial charge in [0.1, 0.15) is 18.4 Å². The van der Waals surface area contributed by atoms with E-state index < -0.39 is 0 Å². The fourth-order valence-electron chi connectivity index (χ4n) is 3.24. The number of hydrogen-bond donors (Lipinski definition) is 2. The molecule has 0 unspecified atom stereocenters. The second-order valence-electron chi connectivity index (χ2n) is 6.31. The SMILES string of the molecule is Cc1cc2c(cc1CC1CNC1)N1C(=NNC(=O)[C@@H]1C)CO2. The van der Waals surface area contributed by atoms with Gasteiger partial charge in [-0.1, -0.05) is 0 Å². The number of carbonyl (C=O) groups is 1. The quantitative estimate of drug-likeness (QED) is 0.847. The van der Waals surface area contributed by atoms with E-state index in [1.54, 1.807) is 0 Å². The molecule has 0 bridgehead atoms. The molecule has 0 saturated carbocycles. The molecule has 1 amide bonds. The van der Waals surface area contributed by atoms with Gasteiger partial charge in [-0.3, -0.25) is 4.79 Å². The Kier molecular flexibility index (Phi) is 3.07. The number of nitrogens with zero attached hydrogens (tertiary/aromatic N) is 2. The van der Waals surface area contributed by atoms with Gasteiger partial charge in [0.25, 0.3) is 5.91 Å². The van der Waals surface area contributed by atoms with Gasteiger partial charge in [0.15, 0.2) is 5.84 Å². The smallest absolute Gasteiger partial charge is 0.262 e. The number of fused-ring (bicyclic) bond motifs is 3. The highest BCUT2D eigenvalue weighted by Crippen LogP contribution is 2.37. The Balaban J connectivity index is 1.74. The average Bonchev–Trinajstić information content (AvgIpc) is 2.46. The minimum Gasteiger partial charge on any atom is -0.483 e. The fourth-order valence-corrected chi connectivity index (χ4v) is 3.24. The van der Waals surface area contributed by atoms with Crippen LogP contribution in [-0.2, 0) is 11.2 Å². The maximum atomic E-state index is 11.9. The van der Waals surface area contributed by atoms with Crippen molar-refractivity contribution in [3.63, 3.8) is 0 Å². The summed E-state index contributed by atoms with van der Waals surface area (Å²) in [7, 11) is 0. The van der Waals surface area contributed by atoms with Gasteiger partial charge in [-0.25, -0.2) is 5.43 Å². The monoisotopic (exact) mass is 300 g/mol. The lowest BCUT2D eigenvalue weighted by Crippen LogP contribution is -2.55. The molecular weight excluding hydrogens is 280 g/mol. The lowest BCUT2D eigenvalue weighted by Gasteiger charge is -2.38.